The van der Waals surface area contributed by atoms with Crippen molar-refractivity contribution in [3.63, 3.8) is 0 Å². The van der Waals surface area contributed by atoms with Gasteiger partial charge in [0.15, 0.2) is 11.5 Å². The zero-order chi connectivity index (χ0) is 14.7. The standard InChI is InChI=1S/C17H26N2O2/c1-13(2)19(10-14-5-7-18-8-6-14)11-15-3-4-16-17(9-15)21-12-20-16/h3-4,9,13-14,18H,5-8,10-12H2,1-2H3. The van der Waals surface area contributed by atoms with Gasteiger partial charge in [-0.2, -0.15) is 0 Å². The molecule has 0 radical (unpaired) electrons. The largest absolute Gasteiger partial charge is 0.454 e. The lowest BCUT2D eigenvalue weighted by atomic mass is 9.96. The van der Waals surface area contributed by atoms with Crippen LogP contribution < -0.4 is 14.8 Å². The Morgan fingerprint density at radius 2 is 1.95 bits per heavy atom. The van der Waals surface area contributed by atoms with Gasteiger partial charge in [0.1, 0.15) is 0 Å². The predicted octanol–water partition coefficient (Wildman–Crippen LogP) is 2.63. The minimum absolute atomic E-state index is 0.349. The van der Waals surface area contributed by atoms with Gasteiger partial charge in [0.2, 0.25) is 6.79 Å². The number of piperidine rings is 1. The van der Waals surface area contributed by atoms with Crippen molar-refractivity contribution < 1.29 is 9.47 Å². The van der Waals surface area contributed by atoms with Crippen molar-refractivity contribution in [1.29, 1.82) is 0 Å². The highest BCUT2D eigenvalue weighted by atomic mass is 16.7. The molecule has 1 fully saturated rings. The number of ether oxygens (including phenoxy) is 2. The summed E-state index contributed by atoms with van der Waals surface area (Å²) in [6.07, 6.45) is 2.59. The van der Waals surface area contributed by atoms with Crippen LogP contribution in [0.1, 0.15) is 32.3 Å². The number of nitrogens with one attached hydrogen (secondary N) is 1. The molecule has 0 unspecified atom stereocenters. The van der Waals surface area contributed by atoms with Crippen molar-refractivity contribution in [3.05, 3.63) is 23.8 Å². The predicted molar refractivity (Wildman–Crippen MR) is 83.7 cm³/mol. The second-order valence-corrected chi connectivity index (χ2v) is 6.40. The maximum absolute atomic E-state index is 5.48. The molecule has 1 aromatic carbocycles. The Kier molecular flexibility index (Phi) is 4.66. The summed E-state index contributed by atoms with van der Waals surface area (Å²) in [6.45, 7) is 9.43. The lowest BCUT2D eigenvalue weighted by Gasteiger charge is -2.32. The van der Waals surface area contributed by atoms with Gasteiger partial charge < -0.3 is 14.8 Å². The summed E-state index contributed by atoms with van der Waals surface area (Å²) in [5.41, 5.74) is 1.31. The molecular formula is C17H26N2O2. The Morgan fingerprint density at radius 1 is 1.19 bits per heavy atom. The maximum atomic E-state index is 5.48. The smallest absolute Gasteiger partial charge is 0.231 e. The molecule has 2 aliphatic rings. The Bertz CT molecular complexity index is 470. The molecule has 0 saturated carbocycles. The molecule has 1 aromatic rings. The summed E-state index contributed by atoms with van der Waals surface area (Å²) in [4.78, 5) is 2.58. The third-order valence-electron chi connectivity index (χ3n) is 4.50. The molecule has 116 valence electrons. The molecule has 0 amide bonds. The molecule has 0 aliphatic carbocycles. The Labute approximate surface area is 127 Å². The van der Waals surface area contributed by atoms with Crippen LogP contribution in [0.25, 0.3) is 0 Å². The molecule has 1 N–H and O–H groups in total. The van der Waals surface area contributed by atoms with Crippen molar-refractivity contribution in [2.75, 3.05) is 26.4 Å². The van der Waals surface area contributed by atoms with E-state index in [0.717, 1.165) is 24.0 Å². The number of hydrogen-bond donors (Lipinski definition) is 1. The first-order valence-corrected chi connectivity index (χ1v) is 8.05. The number of hydrogen-bond acceptors (Lipinski definition) is 4. The minimum Gasteiger partial charge on any atom is -0.454 e. The van der Waals surface area contributed by atoms with Crippen LogP contribution in [0.4, 0.5) is 0 Å². The van der Waals surface area contributed by atoms with Crippen molar-refractivity contribution in [2.45, 2.75) is 39.3 Å². The topological polar surface area (TPSA) is 33.7 Å². The summed E-state index contributed by atoms with van der Waals surface area (Å²) >= 11 is 0. The lowest BCUT2D eigenvalue weighted by molar-refractivity contribution is 0.161. The zero-order valence-electron chi connectivity index (χ0n) is 13.1. The first kappa shape index (κ1) is 14.7. The average molecular weight is 290 g/mol. The molecule has 3 rings (SSSR count). The van der Waals surface area contributed by atoms with E-state index in [4.69, 9.17) is 9.47 Å². The first-order chi connectivity index (χ1) is 10.2. The highest BCUT2D eigenvalue weighted by Crippen LogP contribution is 2.33. The van der Waals surface area contributed by atoms with E-state index < -0.39 is 0 Å². The van der Waals surface area contributed by atoms with Gasteiger partial charge in [0, 0.05) is 19.1 Å². The molecule has 0 spiro atoms. The van der Waals surface area contributed by atoms with Crippen LogP contribution in [0.5, 0.6) is 11.5 Å². The highest BCUT2D eigenvalue weighted by molar-refractivity contribution is 5.44. The summed E-state index contributed by atoms with van der Waals surface area (Å²) in [7, 11) is 0. The fraction of sp³-hybridized carbons (Fsp3) is 0.647. The Balaban J connectivity index is 1.64. The van der Waals surface area contributed by atoms with Gasteiger partial charge in [-0.05, 0) is 63.4 Å². The van der Waals surface area contributed by atoms with Gasteiger partial charge >= 0.3 is 0 Å². The summed E-state index contributed by atoms with van der Waals surface area (Å²) in [5, 5.41) is 3.45. The Morgan fingerprint density at radius 3 is 2.71 bits per heavy atom. The normalized spacial score (nSPS) is 18.7. The monoisotopic (exact) mass is 290 g/mol. The first-order valence-electron chi connectivity index (χ1n) is 8.05. The van der Waals surface area contributed by atoms with Gasteiger partial charge in [-0.1, -0.05) is 6.07 Å². The highest BCUT2D eigenvalue weighted by Gasteiger charge is 2.20. The van der Waals surface area contributed by atoms with Crippen LogP contribution in [0.3, 0.4) is 0 Å². The van der Waals surface area contributed by atoms with E-state index in [9.17, 15) is 0 Å². The van der Waals surface area contributed by atoms with Crippen LogP contribution in [-0.2, 0) is 6.54 Å². The number of benzene rings is 1. The van der Waals surface area contributed by atoms with Gasteiger partial charge in [-0.3, -0.25) is 4.90 Å². The van der Waals surface area contributed by atoms with Gasteiger partial charge in [-0.15, -0.1) is 0 Å². The van der Waals surface area contributed by atoms with Crippen molar-refractivity contribution >= 4 is 0 Å². The molecule has 0 atom stereocenters. The van der Waals surface area contributed by atoms with Crippen LogP contribution in [-0.4, -0.2) is 37.4 Å². The van der Waals surface area contributed by atoms with E-state index in [1.807, 2.05) is 6.07 Å². The van der Waals surface area contributed by atoms with Crippen LogP contribution in [0, 0.1) is 5.92 Å². The molecule has 4 heteroatoms. The fourth-order valence-electron chi connectivity index (χ4n) is 3.13. The van der Waals surface area contributed by atoms with Crippen LogP contribution in [0.2, 0.25) is 0 Å². The SMILES string of the molecule is CC(C)N(Cc1ccc2c(c1)OCO2)CC1CCNCC1. The third kappa shape index (κ3) is 3.69. The number of rotatable bonds is 5. The van der Waals surface area contributed by atoms with E-state index in [1.165, 1.54) is 38.0 Å². The summed E-state index contributed by atoms with van der Waals surface area (Å²) in [6, 6.07) is 6.87. The number of nitrogens with zero attached hydrogens (tertiary/aromatic N) is 1. The van der Waals surface area contributed by atoms with Crippen LogP contribution in [0.15, 0.2) is 18.2 Å². The molecule has 2 aliphatic heterocycles. The van der Waals surface area contributed by atoms with Gasteiger partial charge in [0.05, 0.1) is 0 Å². The molecule has 0 aromatic heterocycles. The summed E-state index contributed by atoms with van der Waals surface area (Å²) in [5.74, 6) is 2.58. The second kappa shape index (κ2) is 6.67. The summed E-state index contributed by atoms with van der Waals surface area (Å²) < 4.78 is 10.9. The molecule has 0 bridgehead atoms. The van der Waals surface area contributed by atoms with Crippen molar-refractivity contribution in [1.82, 2.24) is 10.2 Å². The second-order valence-electron chi connectivity index (χ2n) is 6.40. The van der Waals surface area contributed by atoms with Crippen molar-refractivity contribution in [2.24, 2.45) is 5.92 Å². The van der Waals surface area contributed by atoms with E-state index in [2.05, 4.69) is 36.2 Å². The lowest BCUT2D eigenvalue weighted by Crippen LogP contribution is -2.39. The molecule has 1 saturated heterocycles. The average Bonchev–Trinajstić information content (AvgIpc) is 2.95. The quantitative estimate of drug-likeness (QED) is 0.904. The number of fused-ring (bicyclic) bond motifs is 1. The van der Waals surface area contributed by atoms with E-state index in [-0.39, 0.29) is 0 Å². The molecular weight excluding hydrogens is 264 g/mol. The minimum atomic E-state index is 0.349. The maximum Gasteiger partial charge on any atom is 0.231 e. The van der Waals surface area contributed by atoms with Crippen LogP contribution >= 0.6 is 0 Å². The van der Waals surface area contributed by atoms with Gasteiger partial charge in [-0.25, -0.2) is 0 Å². The van der Waals surface area contributed by atoms with Crippen molar-refractivity contribution in [3.8, 4) is 11.5 Å². The fourth-order valence-corrected chi connectivity index (χ4v) is 3.13. The third-order valence-corrected chi connectivity index (χ3v) is 4.50. The van der Waals surface area contributed by atoms with Gasteiger partial charge in [0.25, 0.3) is 0 Å². The van der Waals surface area contributed by atoms with E-state index in [0.29, 0.717) is 12.8 Å². The van der Waals surface area contributed by atoms with E-state index in [1.54, 1.807) is 0 Å². The molecule has 21 heavy (non-hydrogen) atoms. The zero-order valence-corrected chi connectivity index (χ0v) is 13.1. The molecule has 4 nitrogen and oxygen atoms in total. The van der Waals surface area contributed by atoms with E-state index >= 15 is 0 Å². The molecule has 2 heterocycles. The Hall–Kier alpha value is -1.26.